The Morgan fingerprint density at radius 3 is 2.73 bits per heavy atom. The molecule has 0 aromatic carbocycles. The van der Waals surface area contributed by atoms with Gasteiger partial charge >= 0.3 is 0 Å². The zero-order valence-electron chi connectivity index (χ0n) is 5.94. The predicted molar refractivity (Wildman–Crippen MR) is 50.7 cm³/mol. The van der Waals surface area contributed by atoms with E-state index < -0.39 is 0 Å². The Balaban J connectivity index is 2.25. The fourth-order valence-electron chi connectivity index (χ4n) is 2.04. The number of allylic oxidation sites excluding steroid dienone is 1. The molecule has 0 aliphatic heterocycles. The van der Waals surface area contributed by atoms with Crippen molar-refractivity contribution in [2.75, 3.05) is 0 Å². The number of hydrogen-bond acceptors (Lipinski definition) is 1. The molecule has 0 aromatic rings. The number of fused-ring (bicyclic) bond motifs is 1. The van der Waals surface area contributed by atoms with Crippen molar-refractivity contribution in [3.8, 4) is 0 Å². The molecule has 0 radical (unpaired) electrons. The third-order valence-electron chi connectivity index (χ3n) is 2.76. The van der Waals surface area contributed by atoms with Gasteiger partial charge in [0.15, 0.2) is 0 Å². The minimum absolute atomic E-state index is 0.0532. The van der Waals surface area contributed by atoms with Gasteiger partial charge in [-0.25, -0.2) is 0 Å². The number of carbonyl (C=O) groups is 1. The number of halogens is 2. The van der Waals surface area contributed by atoms with E-state index in [0.29, 0.717) is 11.7 Å². The number of hydrogen-bond donors (Lipinski definition) is 0. The van der Waals surface area contributed by atoms with Gasteiger partial charge in [-0.3, -0.25) is 4.79 Å². The quantitative estimate of drug-likeness (QED) is 0.675. The van der Waals surface area contributed by atoms with Crippen LogP contribution in [0.25, 0.3) is 0 Å². The molecule has 11 heavy (non-hydrogen) atoms. The standard InChI is InChI=1S/C8H8Br2O/c9-7(10)4-8-3-5(8)1-2-6(8)11/h4-5H,1-3H2/t5-,8-/m1/s1/i7+1. The van der Waals surface area contributed by atoms with Crippen molar-refractivity contribution in [1.82, 2.24) is 0 Å². The van der Waals surface area contributed by atoms with Gasteiger partial charge in [-0.1, -0.05) is 0 Å². The molecule has 0 aromatic heterocycles. The third kappa shape index (κ3) is 1.13. The largest absolute Gasteiger partial charge is 0.299 e. The molecule has 2 saturated carbocycles. The predicted octanol–water partition coefficient (Wildman–Crippen LogP) is 2.99. The molecule has 0 heterocycles. The van der Waals surface area contributed by atoms with Gasteiger partial charge in [0, 0.05) is 6.42 Å². The first-order chi connectivity index (χ1) is 5.15. The number of carbonyl (C=O) groups excluding carboxylic acids is 1. The van der Waals surface area contributed by atoms with Crippen LogP contribution in [0.5, 0.6) is 0 Å². The van der Waals surface area contributed by atoms with Gasteiger partial charge in [0.25, 0.3) is 0 Å². The minimum atomic E-state index is -0.0532. The molecular weight excluding hydrogens is 273 g/mol. The summed E-state index contributed by atoms with van der Waals surface area (Å²) < 4.78 is 0.919. The summed E-state index contributed by atoms with van der Waals surface area (Å²) in [5, 5.41) is 0. The lowest BCUT2D eigenvalue weighted by molar-refractivity contribution is -0.121. The smallest absolute Gasteiger partial charge is 0.143 e. The van der Waals surface area contributed by atoms with Crippen molar-refractivity contribution in [2.24, 2.45) is 11.3 Å². The van der Waals surface area contributed by atoms with E-state index in [1.807, 2.05) is 6.08 Å². The Morgan fingerprint density at radius 2 is 2.36 bits per heavy atom. The lowest BCUT2D eigenvalue weighted by atomic mass is 10.0. The van der Waals surface area contributed by atoms with Gasteiger partial charge in [0.2, 0.25) is 0 Å². The van der Waals surface area contributed by atoms with Gasteiger partial charge in [-0.15, -0.1) is 0 Å². The molecule has 2 aliphatic carbocycles. The van der Waals surface area contributed by atoms with Gasteiger partial charge in [0.1, 0.15) is 5.78 Å². The zero-order valence-corrected chi connectivity index (χ0v) is 9.11. The summed E-state index contributed by atoms with van der Waals surface area (Å²) in [6.45, 7) is 0. The first-order valence-electron chi connectivity index (χ1n) is 3.72. The van der Waals surface area contributed by atoms with Crippen LogP contribution in [0.15, 0.2) is 9.47 Å². The highest BCUT2D eigenvalue weighted by molar-refractivity contribution is 9.28. The summed E-state index contributed by atoms with van der Waals surface area (Å²) in [7, 11) is 0. The fraction of sp³-hybridized carbons (Fsp3) is 0.625. The van der Waals surface area contributed by atoms with E-state index in [1.54, 1.807) is 0 Å². The second-order valence-electron chi connectivity index (χ2n) is 3.34. The normalized spacial score (nSPS) is 40.2. The van der Waals surface area contributed by atoms with E-state index in [4.69, 9.17) is 0 Å². The Morgan fingerprint density at radius 1 is 1.64 bits per heavy atom. The van der Waals surface area contributed by atoms with Crippen molar-refractivity contribution in [3.05, 3.63) is 9.47 Å². The van der Waals surface area contributed by atoms with Crippen LogP contribution in [-0.2, 0) is 4.79 Å². The molecule has 0 spiro atoms. The molecule has 0 bridgehead atoms. The first kappa shape index (κ1) is 7.99. The maximum atomic E-state index is 11.4. The Kier molecular flexibility index (Phi) is 1.76. The molecule has 60 valence electrons. The van der Waals surface area contributed by atoms with E-state index in [2.05, 4.69) is 31.9 Å². The topological polar surface area (TPSA) is 17.1 Å². The van der Waals surface area contributed by atoms with Gasteiger partial charge < -0.3 is 0 Å². The average Bonchev–Trinajstić information content (AvgIpc) is 2.51. The molecule has 3 heteroatoms. The Labute approximate surface area is 82.5 Å². The van der Waals surface area contributed by atoms with Crippen LogP contribution in [0, 0.1) is 11.3 Å². The summed E-state index contributed by atoms with van der Waals surface area (Å²) in [6.07, 6.45) is 4.98. The Bertz CT molecular complexity index is 242. The van der Waals surface area contributed by atoms with E-state index in [9.17, 15) is 4.79 Å². The second kappa shape index (κ2) is 2.43. The molecule has 0 unspecified atom stereocenters. The van der Waals surface area contributed by atoms with Crippen LogP contribution in [-0.4, -0.2) is 5.78 Å². The minimum Gasteiger partial charge on any atom is -0.299 e. The summed E-state index contributed by atoms with van der Waals surface area (Å²) in [5.41, 5.74) is -0.0532. The molecular formula is C8H8Br2O. The highest BCUT2D eigenvalue weighted by Gasteiger charge is 2.61. The van der Waals surface area contributed by atoms with E-state index in [0.717, 1.165) is 22.7 Å². The van der Waals surface area contributed by atoms with Crippen LogP contribution in [0.4, 0.5) is 0 Å². The van der Waals surface area contributed by atoms with Crippen LogP contribution in [0.1, 0.15) is 19.3 Å². The molecule has 1 nitrogen and oxygen atoms in total. The van der Waals surface area contributed by atoms with Crippen molar-refractivity contribution in [1.29, 1.82) is 0 Å². The first-order valence-corrected chi connectivity index (χ1v) is 5.31. The maximum Gasteiger partial charge on any atom is 0.143 e. The van der Waals surface area contributed by atoms with E-state index in [-0.39, 0.29) is 5.41 Å². The van der Waals surface area contributed by atoms with Crippen LogP contribution < -0.4 is 0 Å². The molecule has 0 amide bonds. The van der Waals surface area contributed by atoms with Crippen molar-refractivity contribution in [3.63, 3.8) is 0 Å². The highest BCUT2D eigenvalue weighted by atomic mass is 79.9. The third-order valence-corrected chi connectivity index (χ3v) is 3.22. The summed E-state index contributed by atoms with van der Waals surface area (Å²) in [5.74, 6) is 1.08. The summed E-state index contributed by atoms with van der Waals surface area (Å²) in [6, 6.07) is 0. The van der Waals surface area contributed by atoms with Crippen LogP contribution >= 0.6 is 31.9 Å². The van der Waals surface area contributed by atoms with E-state index in [1.165, 1.54) is 0 Å². The van der Waals surface area contributed by atoms with Crippen molar-refractivity contribution >= 4 is 37.6 Å². The highest BCUT2D eigenvalue weighted by Crippen LogP contribution is 2.63. The number of rotatable bonds is 1. The molecule has 0 saturated heterocycles. The van der Waals surface area contributed by atoms with Crippen LogP contribution in [0.3, 0.4) is 0 Å². The van der Waals surface area contributed by atoms with Gasteiger partial charge in [-0.2, -0.15) is 0 Å². The molecule has 2 aliphatic rings. The average molecular weight is 281 g/mol. The lowest BCUT2D eigenvalue weighted by Gasteiger charge is -2.01. The molecule has 2 atom stereocenters. The van der Waals surface area contributed by atoms with Crippen molar-refractivity contribution in [2.45, 2.75) is 19.3 Å². The second-order valence-corrected chi connectivity index (χ2v) is 6.11. The maximum absolute atomic E-state index is 11.4. The molecule has 2 rings (SSSR count). The number of Topliss-reactive ketones (excluding diaryl/α,β-unsaturated/α-hetero) is 1. The molecule has 0 N–H and O–H groups in total. The van der Waals surface area contributed by atoms with Crippen LogP contribution in [0.2, 0.25) is 0 Å². The van der Waals surface area contributed by atoms with Crippen molar-refractivity contribution < 1.29 is 4.79 Å². The Hall–Kier alpha value is 0.370. The SMILES string of the molecule is O=C1CC[C@@H]2C[C@]12C=[13C](Br)Br. The van der Waals surface area contributed by atoms with E-state index >= 15 is 0 Å². The summed E-state index contributed by atoms with van der Waals surface area (Å²) >= 11 is 6.60. The van der Waals surface area contributed by atoms with Gasteiger partial charge in [-0.05, 0) is 56.7 Å². The monoisotopic (exact) mass is 279 g/mol. The van der Waals surface area contributed by atoms with Gasteiger partial charge in [0.05, 0.1) is 8.81 Å². The molecule has 2 fully saturated rings. The fourth-order valence-corrected chi connectivity index (χ4v) is 2.86. The lowest BCUT2D eigenvalue weighted by Crippen LogP contribution is -2.08. The summed E-state index contributed by atoms with van der Waals surface area (Å²) in [4.78, 5) is 11.4. The number of ketones is 1. The zero-order chi connectivity index (χ0) is 8.06.